The molecule has 1 atom stereocenters. The first kappa shape index (κ1) is 24.5. The van der Waals surface area contributed by atoms with Gasteiger partial charge in [-0.15, -0.1) is 0 Å². The number of carboxylic acid groups (broad SMARTS) is 1. The summed E-state index contributed by atoms with van der Waals surface area (Å²) in [6, 6.07) is 16.1. The zero-order chi connectivity index (χ0) is 24.3. The average molecular weight is 456 g/mol. The van der Waals surface area contributed by atoms with Crippen LogP contribution in [-0.4, -0.2) is 16.1 Å². The van der Waals surface area contributed by atoms with E-state index in [0.29, 0.717) is 34.9 Å². The van der Waals surface area contributed by atoms with Crippen molar-refractivity contribution in [3.8, 4) is 22.5 Å². The van der Waals surface area contributed by atoms with Gasteiger partial charge in [0.15, 0.2) is 0 Å². The Bertz CT molecular complexity index is 1100. The van der Waals surface area contributed by atoms with Gasteiger partial charge in [0, 0.05) is 11.1 Å². The molecule has 0 aliphatic heterocycles. The Balaban J connectivity index is 2.14. The summed E-state index contributed by atoms with van der Waals surface area (Å²) in [7, 11) is 0. The van der Waals surface area contributed by atoms with Crippen molar-refractivity contribution in [1.82, 2.24) is 4.98 Å². The van der Waals surface area contributed by atoms with Gasteiger partial charge in [-0.25, -0.2) is 4.98 Å². The summed E-state index contributed by atoms with van der Waals surface area (Å²) in [6.07, 6.45) is -3.99. The standard InChI is InChI=1S/C27H28F3NO2/c1-16(2)13-23(26(32)33)21-14-24(19-7-5-18(6-8-19)17(3)4)31-25(15-21)20-9-11-22(12-10-20)27(28,29)30/h5-12,14-17,23H,13H2,1-4H3,(H,32,33). The lowest BCUT2D eigenvalue weighted by Gasteiger charge is -2.18. The minimum Gasteiger partial charge on any atom is -0.481 e. The lowest BCUT2D eigenvalue weighted by molar-refractivity contribution is -0.139. The molecule has 0 spiro atoms. The van der Waals surface area contributed by atoms with Crippen molar-refractivity contribution in [2.75, 3.05) is 0 Å². The van der Waals surface area contributed by atoms with E-state index in [4.69, 9.17) is 0 Å². The van der Waals surface area contributed by atoms with Gasteiger partial charge in [-0.1, -0.05) is 64.1 Å². The number of halogens is 3. The molecule has 0 bridgehead atoms. The van der Waals surface area contributed by atoms with Gasteiger partial charge in [0.1, 0.15) is 0 Å². The number of hydrogen-bond donors (Lipinski definition) is 1. The summed E-state index contributed by atoms with van der Waals surface area (Å²) < 4.78 is 39.0. The summed E-state index contributed by atoms with van der Waals surface area (Å²) in [6.45, 7) is 8.11. The Labute approximate surface area is 192 Å². The summed E-state index contributed by atoms with van der Waals surface area (Å²) in [4.78, 5) is 16.7. The van der Waals surface area contributed by atoms with Crippen LogP contribution in [0.15, 0.2) is 60.7 Å². The van der Waals surface area contributed by atoms with Crippen LogP contribution < -0.4 is 0 Å². The molecule has 3 nitrogen and oxygen atoms in total. The van der Waals surface area contributed by atoms with Gasteiger partial charge < -0.3 is 5.11 Å². The number of carboxylic acids is 1. The van der Waals surface area contributed by atoms with Crippen LogP contribution in [0.2, 0.25) is 0 Å². The first-order valence-corrected chi connectivity index (χ1v) is 11.0. The molecular formula is C27H28F3NO2. The van der Waals surface area contributed by atoms with E-state index in [1.165, 1.54) is 17.7 Å². The highest BCUT2D eigenvalue weighted by atomic mass is 19.4. The SMILES string of the molecule is CC(C)CC(C(=O)O)c1cc(-c2ccc(C(C)C)cc2)nc(-c2ccc(C(F)(F)F)cc2)c1. The van der Waals surface area contributed by atoms with Crippen LogP contribution >= 0.6 is 0 Å². The highest BCUT2D eigenvalue weighted by Crippen LogP contribution is 2.34. The first-order valence-electron chi connectivity index (χ1n) is 11.0. The molecule has 33 heavy (non-hydrogen) atoms. The number of nitrogens with zero attached hydrogens (tertiary/aromatic N) is 1. The Hall–Kier alpha value is -3.15. The zero-order valence-corrected chi connectivity index (χ0v) is 19.1. The van der Waals surface area contributed by atoms with E-state index >= 15 is 0 Å². The molecule has 3 rings (SSSR count). The summed E-state index contributed by atoms with van der Waals surface area (Å²) in [5, 5.41) is 9.88. The predicted octanol–water partition coefficient (Wildman–Crippen LogP) is 7.77. The minimum atomic E-state index is -4.43. The Morgan fingerprint density at radius 2 is 1.33 bits per heavy atom. The first-order chi connectivity index (χ1) is 15.5. The number of rotatable bonds is 7. The van der Waals surface area contributed by atoms with Crippen molar-refractivity contribution < 1.29 is 23.1 Å². The number of carbonyl (C=O) groups is 1. The maximum absolute atomic E-state index is 13.0. The van der Waals surface area contributed by atoms with Crippen molar-refractivity contribution in [3.63, 3.8) is 0 Å². The fraction of sp³-hybridized carbons (Fsp3) is 0.333. The summed E-state index contributed by atoms with van der Waals surface area (Å²) >= 11 is 0. The highest BCUT2D eigenvalue weighted by molar-refractivity contribution is 5.78. The summed E-state index contributed by atoms with van der Waals surface area (Å²) in [5.74, 6) is -1.16. The average Bonchev–Trinajstić information content (AvgIpc) is 2.76. The number of alkyl halides is 3. The number of hydrogen-bond acceptors (Lipinski definition) is 2. The van der Waals surface area contributed by atoms with Crippen LogP contribution in [0, 0.1) is 5.92 Å². The van der Waals surface area contributed by atoms with Crippen molar-refractivity contribution in [2.45, 2.75) is 52.1 Å². The van der Waals surface area contributed by atoms with Crippen LogP contribution in [0.3, 0.4) is 0 Å². The van der Waals surface area contributed by atoms with Gasteiger partial charge in [-0.05, 0) is 53.6 Å². The van der Waals surface area contributed by atoms with Crippen LogP contribution in [0.25, 0.3) is 22.5 Å². The number of aliphatic carboxylic acids is 1. The van der Waals surface area contributed by atoms with Crippen molar-refractivity contribution in [3.05, 3.63) is 77.4 Å². The summed E-state index contributed by atoms with van der Waals surface area (Å²) in [5.41, 5.74) is 3.37. The quantitative estimate of drug-likeness (QED) is 0.396. The van der Waals surface area contributed by atoms with E-state index < -0.39 is 23.6 Å². The van der Waals surface area contributed by atoms with Crippen molar-refractivity contribution >= 4 is 5.97 Å². The predicted molar refractivity (Wildman–Crippen MR) is 124 cm³/mol. The third-order valence-corrected chi connectivity index (χ3v) is 5.64. The van der Waals surface area contributed by atoms with Crippen molar-refractivity contribution in [1.29, 1.82) is 0 Å². The van der Waals surface area contributed by atoms with E-state index in [2.05, 4.69) is 18.8 Å². The van der Waals surface area contributed by atoms with Gasteiger partial charge in [-0.3, -0.25) is 4.79 Å². The molecule has 174 valence electrons. The molecule has 0 aliphatic rings. The molecule has 0 aliphatic carbocycles. The normalized spacial score (nSPS) is 12.9. The molecular weight excluding hydrogens is 427 g/mol. The van der Waals surface area contributed by atoms with Crippen molar-refractivity contribution in [2.24, 2.45) is 5.92 Å². The zero-order valence-electron chi connectivity index (χ0n) is 19.1. The third-order valence-electron chi connectivity index (χ3n) is 5.64. The molecule has 0 radical (unpaired) electrons. The maximum atomic E-state index is 13.0. The van der Waals surface area contributed by atoms with E-state index in [9.17, 15) is 23.1 Å². The van der Waals surface area contributed by atoms with E-state index in [1.54, 1.807) is 12.1 Å². The van der Waals surface area contributed by atoms with E-state index in [-0.39, 0.29) is 5.92 Å². The van der Waals surface area contributed by atoms with Gasteiger partial charge in [0.05, 0.1) is 22.9 Å². The van der Waals surface area contributed by atoms with Crippen LogP contribution in [0.4, 0.5) is 13.2 Å². The molecule has 3 aromatic rings. The maximum Gasteiger partial charge on any atom is 0.416 e. The second-order valence-electron chi connectivity index (χ2n) is 9.04. The molecule has 0 amide bonds. The second kappa shape index (κ2) is 9.77. The fourth-order valence-corrected chi connectivity index (χ4v) is 3.77. The molecule has 6 heteroatoms. The largest absolute Gasteiger partial charge is 0.481 e. The van der Waals surface area contributed by atoms with Gasteiger partial charge in [-0.2, -0.15) is 13.2 Å². The monoisotopic (exact) mass is 455 g/mol. The molecule has 1 N–H and O–H groups in total. The third kappa shape index (κ3) is 6.01. The lowest BCUT2D eigenvalue weighted by Crippen LogP contribution is -2.14. The lowest BCUT2D eigenvalue weighted by atomic mass is 9.88. The highest BCUT2D eigenvalue weighted by Gasteiger charge is 2.30. The topological polar surface area (TPSA) is 50.2 Å². The number of aromatic nitrogens is 1. The Morgan fingerprint density at radius 1 is 0.848 bits per heavy atom. The van der Waals surface area contributed by atoms with Crippen LogP contribution in [-0.2, 0) is 11.0 Å². The van der Waals surface area contributed by atoms with Gasteiger partial charge >= 0.3 is 12.1 Å². The molecule has 2 aromatic carbocycles. The minimum absolute atomic E-state index is 0.155. The molecule has 1 heterocycles. The number of benzene rings is 2. The number of pyridine rings is 1. The molecule has 1 aromatic heterocycles. The Morgan fingerprint density at radius 3 is 1.73 bits per heavy atom. The molecule has 0 fully saturated rings. The Kier molecular flexibility index (Phi) is 7.25. The smallest absolute Gasteiger partial charge is 0.416 e. The van der Waals surface area contributed by atoms with E-state index in [0.717, 1.165) is 17.7 Å². The molecule has 0 saturated heterocycles. The molecule has 0 saturated carbocycles. The van der Waals surface area contributed by atoms with Gasteiger partial charge in [0.2, 0.25) is 0 Å². The van der Waals surface area contributed by atoms with E-state index in [1.807, 2.05) is 38.1 Å². The van der Waals surface area contributed by atoms with Crippen LogP contribution in [0.5, 0.6) is 0 Å². The van der Waals surface area contributed by atoms with Crippen LogP contribution in [0.1, 0.15) is 62.6 Å². The molecule has 1 unspecified atom stereocenters. The van der Waals surface area contributed by atoms with Gasteiger partial charge in [0.25, 0.3) is 0 Å². The second-order valence-corrected chi connectivity index (χ2v) is 9.04. The fourth-order valence-electron chi connectivity index (χ4n) is 3.77.